The van der Waals surface area contributed by atoms with Crippen molar-refractivity contribution in [3.8, 4) is 5.75 Å². The molecule has 0 saturated heterocycles. The third-order valence-corrected chi connectivity index (χ3v) is 6.51. The van der Waals surface area contributed by atoms with Crippen molar-refractivity contribution in [3.05, 3.63) is 29.8 Å². The molecule has 2 aliphatic rings. The van der Waals surface area contributed by atoms with E-state index in [2.05, 4.69) is 12.2 Å². The van der Waals surface area contributed by atoms with Crippen LogP contribution in [-0.2, 0) is 9.59 Å². The van der Waals surface area contributed by atoms with Gasteiger partial charge in [-0.3, -0.25) is 9.59 Å². The van der Waals surface area contributed by atoms with Crippen LogP contribution in [0.25, 0.3) is 0 Å². The van der Waals surface area contributed by atoms with Gasteiger partial charge in [-0.1, -0.05) is 57.6 Å². The first-order valence-corrected chi connectivity index (χ1v) is 12.6. The molecule has 2 aliphatic carbocycles. The van der Waals surface area contributed by atoms with Gasteiger partial charge in [0.2, 0.25) is 11.8 Å². The molecular formula is C25H37ClN2O3. The molecule has 2 amide bonds. The highest BCUT2D eigenvalue weighted by Gasteiger charge is 2.41. The Labute approximate surface area is 191 Å². The normalized spacial score (nSPS) is 17.7. The summed E-state index contributed by atoms with van der Waals surface area (Å²) < 4.78 is 5.86. The molecule has 6 heteroatoms. The number of nitrogens with zero attached hydrogens (tertiary/aromatic N) is 1. The van der Waals surface area contributed by atoms with Crippen LogP contribution in [0.5, 0.6) is 5.75 Å². The maximum atomic E-state index is 13.4. The van der Waals surface area contributed by atoms with Crippen LogP contribution in [0.1, 0.15) is 89.2 Å². The number of ether oxygens (including phenoxy) is 1. The first-order chi connectivity index (χ1) is 15.1. The smallest absolute Gasteiger partial charge is 0.247 e. The number of rotatable bonds is 12. The van der Waals surface area contributed by atoms with Gasteiger partial charge in [-0.2, -0.15) is 0 Å². The zero-order valence-corrected chi connectivity index (χ0v) is 19.5. The topological polar surface area (TPSA) is 58.6 Å². The third-order valence-electron chi connectivity index (χ3n) is 6.28. The highest BCUT2D eigenvalue weighted by atomic mass is 35.5. The van der Waals surface area contributed by atoms with Crippen molar-refractivity contribution < 1.29 is 14.3 Å². The van der Waals surface area contributed by atoms with E-state index in [0.717, 1.165) is 56.3 Å². The molecule has 0 heterocycles. The van der Waals surface area contributed by atoms with Crippen molar-refractivity contribution >= 4 is 23.4 Å². The zero-order chi connectivity index (χ0) is 22.1. The van der Waals surface area contributed by atoms with Crippen LogP contribution in [-0.4, -0.2) is 41.3 Å². The van der Waals surface area contributed by atoms with E-state index in [4.69, 9.17) is 16.3 Å². The summed E-state index contributed by atoms with van der Waals surface area (Å²) in [6, 6.07) is 7.31. The lowest BCUT2D eigenvalue weighted by Crippen LogP contribution is -2.48. The van der Waals surface area contributed by atoms with E-state index >= 15 is 0 Å². The van der Waals surface area contributed by atoms with Crippen LogP contribution in [0.15, 0.2) is 24.3 Å². The Morgan fingerprint density at radius 3 is 2.39 bits per heavy atom. The molecule has 1 aromatic rings. The van der Waals surface area contributed by atoms with Gasteiger partial charge >= 0.3 is 0 Å². The molecule has 0 unspecified atom stereocenters. The Hall–Kier alpha value is -1.75. The number of unbranched alkanes of at least 4 members (excludes halogenated alkanes) is 3. The van der Waals surface area contributed by atoms with Gasteiger partial charge in [0.15, 0.2) is 0 Å². The molecular weight excluding hydrogens is 412 g/mol. The number of carbonyl (C=O) groups is 2. The highest BCUT2D eigenvalue weighted by Crippen LogP contribution is 2.36. The summed E-state index contributed by atoms with van der Waals surface area (Å²) in [5.74, 6) is 0.422. The van der Waals surface area contributed by atoms with Gasteiger partial charge in [-0.25, -0.2) is 0 Å². The van der Waals surface area contributed by atoms with Crippen LogP contribution in [0.3, 0.4) is 0 Å². The van der Waals surface area contributed by atoms with Crippen molar-refractivity contribution in [3.63, 3.8) is 0 Å². The Bertz CT molecular complexity index is 699. The quantitative estimate of drug-likeness (QED) is 0.345. The molecule has 1 aromatic carbocycles. The molecule has 0 aliphatic heterocycles. The number of carbonyl (C=O) groups excluding carboxylic acids is 2. The molecule has 172 valence electrons. The molecule has 5 nitrogen and oxygen atoms in total. The van der Waals surface area contributed by atoms with E-state index in [1.807, 2.05) is 24.3 Å². The second-order valence-electron chi connectivity index (χ2n) is 8.89. The van der Waals surface area contributed by atoms with E-state index in [1.165, 1.54) is 25.7 Å². The lowest BCUT2D eigenvalue weighted by atomic mass is 9.94. The summed E-state index contributed by atoms with van der Waals surface area (Å²) in [6.45, 7) is 2.89. The number of benzene rings is 1. The number of amides is 2. The molecule has 3 rings (SSSR count). The lowest BCUT2D eigenvalue weighted by molar-refractivity contribution is -0.140. The van der Waals surface area contributed by atoms with Gasteiger partial charge in [-0.05, 0) is 49.8 Å². The predicted molar refractivity (Wildman–Crippen MR) is 124 cm³/mol. The molecule has 2 fully saturated rings. The molecule has 31 heavy (non-hydrogen) atoms. The minimum Gasteiger partial charge on any atom is -0.494 e. The number of hydrogen-bond acceptors (Lipinski definition) is 3. The first-order valence-electron chi connectivity index (χ1n) is 12.0. The molecule has 0 spiro atoms. The summed E-state index contributed by atoms with van der Waals surface area (Å²) in [4.78, 5) is 27.8. The van der Waals surface area contributed by atoms with Crippen LogP contribution in [0.4, 0.5) is 0 Å². The third kappa shape index (κ3) is 7.13. The average molecular weight is 449 g/mol. The number of nitrogens with one attached hydrogen (secondary N) is 1. The standard InChI is InChI=1S/C25H37ClN2O3/c1-2-3-4-8-17-31-22-15-11-19(12-16-22)24(28(21-13-14-21)23(29)18-26)25(30)27-20-9-6-5-7-10-20/h11-12,15-16,20-21,24H,2-10,13-14,17-18H2,1H3,(H,27,30)/t24-/m0/s1. The lowest BCUT2D eigenvalue weighted by Gasteiger charge is -2.33. The second-order valence-corrected chi connectivity index (χ2v) is 9.16. The number of alkyl halides is 1. The Kier molecular flexibility index (Phi) is 9.51. The van der Waals surface area contributed by atoms with Gasteiger partial charge in [0.1, 0.15) is 17.7 Å². The maximum Gasteiger partial charge on any atom is 0.247 e. The van der Waals surface area contributed by atoms with Crippen molar-refractivity contribution in [2.75, 3.05) is 12.5 Å². The number of hydrogen-bond donors (Lipinski definition) is 1. The van der Waals surface area contributed by atoms with E-state index in [-0.39, 0.29) is 29.8 Å². The van der Waals surface area contributed by atoms with Crippen molar-refractivity contribution in [2.45, 2.75) is 95.7 Å². The first kappa shape index (κ1) is 23.9. The fourth-order valence-corrected chi connectivity index (χ4v) is 4.55. The maximum absolute atomic E-state index is 13.4. The average Bonchev–Trinajstić information content (AvgIpc) is 3.63. The van der Waals surface area contributed by atoms with Crippen LogP contribution in [0.2, 0.25) is 0 Å². The van der Waals surface area contributed by atoms with Gasteiger partial charge in [0.25, 0.3) is 0 Å². The monoisotopic (exact) mass is 448 g/mol. The Balaban J connectivity index is 1.72. The minimum atomic E-state index is -0.640. The van der Waals surface area contributed by atoms with Gasteiger partial charge in [0.05, 0.1) is 6.61 Å². The molecule has 2 saturated carbocycles. The summed E-state index contributed by atoms with van der Waals surface area (Å²) in [7, 11) is 0. The van der Waals surface area contributed by atoms with Crippen LogP contribution in [0, 0.1) is 0 Å². The Morgan fingerprint density at radius 1 is 1.06 bits per heavy atom. The highest BCUT2D eigenvalue weighted by molar-refractivity contribution is 6.27. The van der Waals surface area contributed by atoms with Gasteiger partial charge < -0.3 is 15.0 Å². The molecule has 0 bridgehead atoms. The minimum absolute atomic E-state index is 0.0921. The Morgan fingerprint density at radius 2 is 1.77 bits per heavy atom. The molecule has 1 N–H and O–H groups in total. The zero-order valence-electron chi connectivity index (χ0n) is 18.8. The van der Waals surface area contributed by atoms with Crippen molar-refractivity contribution in [1.82, 2.24) is 10.2 Å². The fraction of sp³-hybridized carbons (Fsp3) is 0.680. The molecule has 0 aromatic heterocycles. The number of halogens is 1. The molecule has 1 atom stereocenters. The van der Waals surface area contributed by atoms with Crippen LogP contribution >= 0.6 is 11.6 Å². The van der Waals surface area contributed by atoms with Gasteiger partial charge in [0, 0.05) is 12.1 Å². The predicted octanol–water partition coefficient (Wildman–Crippen LogP) is 5.37. The summed E-state index contributed by atoms with van der Waals surface area (Å²) in [6.07, 6.45) is 12.0. The van der Waals surface area contributed by atoms with Crippen molar-refractivity contribution in [2.24, 2.45) is 0 Å². The van der Waals surface area contributed by atoms with Crippen LogP contribution < -0.4 is 10.1 Å². The summed E-state index contributed by atoms with van der Waals surface area (Å²) in [5.41, 5.74) is 0.817. The van der Waals surface area contributed by atoms with E-state index in [9.17, 15) is 9.59 Å². The van der Waals surface area contributed by atoms with E-state index in [1.54, 1.807) is 4.90 Å². The second kappa shape index (κ2) is 12.3. The largest absolute Gasteiger partial charge is 0.494 e. The van der Waals surface area contributed by atoms with E-state index in [0.29, 0.717) is 6.61 Å². The SMILES string of the molecule is CCCCCCOc1ccc([C@@H](C(=O)NC2CCCCC2)N(C(=O)CCl)C2CC2)cc1. The molecule has 0 radical (unpaired) electrons. The van der Waals surface area contributed by atoms with Crippen molar-refractivity contribution in [1.29, 1.82) is 0 Å². The summed E-state index contributed by atoms with van der Waals surface area (Å²) >= 11 is 5.92. The van der Waals surface area contributed by atoms with E-state index < -0.39 is 6.04 Å². The fourth-order valence-electron chi connectivity index (χ4n) is 4.41. The summed E-state index contributed by atoms with van der Waals surface area (Å²) in [5, 5.41) is 3.22. The van der Waals surface area contributed by atoms with Gasteiger partial charge in [-0.15, -0.1) is 11.6 Å².